The van der Waals surface area contributed by atoms with Gasteiger partial charge in [0.2, 0.25) is 23.5 Å². The molecule has 0 fully saturated rings. The number of aliphatic carboxylic acids is 11. The number of carbonyl (C=O) groups excluding carboxylic acids is 5. The molecule has 40 heteroatoms. The molecule has 572 valence electrons. The van der Waals surface area contributed by atoms with E-state index in [9.17, 15) is 123 Å². The summed E-state index contributed by atoms with van der Waals surface area (Å²) in [7, 11) is 0. The highest BCUT2D eigenvalue weighted by atomic mass is 16.5. The molecular weight excluding hydrogens is 1440 g/mol. The molecule has 6 aliphatic heterocycles. The van der Waals surface area contributed by atoms with E-state index in [0.29, 0.717) is 46.5 Å². The van der Waals surface area contributed by atoms with E-state index in [0.717, 1.165) is 5.57 Å². The van der Waals surface area contributed by atoms with Crippen molar-refractivity contribution < 1.29 is 162 Å². The molecule has 0 aliphatic carbocycles. The second-order valence-electron chi connectivity index (χ2n) is 24.2. The summed E-state index contributed by atoms with van der Waals surface area (Å²) in [4.78, 5) is 162. The first-order valence-electron chi connectivity index (χ1n) is 32.1. The van der Waals surface area contributed by atoms with Crippen molar-refractivity contribution in [3.63, 3.8) is 0 Å². The number of rotatable bonds is 32. The molecule has 3 unspecified atom stereocenters. The van der Waals surface area contributed by atoms with E-state index in [1.807, 2.05) is 0 Å². The third-order valence-electron chi connectivity index (χ3n) is 16.9. The summed E-state index contributed by atoms with van der Waals surface area (Å²) in [5, 5.41) is 151. The maximum Gasteiger partial charge on any atom is 0.354 e. The Kier molecular flexibility index (Phi) is 27.7. The van der Waals surface area contributed by atoms with Crippen LogP contribution in [0, 0.1) is 5.92 Å². The third-order valence-corrected chi connectivity index (χ3v) is 16.9. The number of ether oxygens (including phenoxy) is 3. The monoisotopic (exact) mass is 1510 g/mol. The highest BCUT2D eigenvalue weighted by Crippen LogP contribution is 2.43. The maximum atomic E-state index is 11.9. The third kappa shape index (κ3) is 21.7. The molecule has 3 aromatic carbocycles. The molecule has 108 heavy (non-hydrogen) atoms. The lowest BCUT2D eigenvalue weighted by Crippen LogP contribution is -2.40. The van der Waals surface area contributed by atoms with Gasteiger partial charge in [0.25, 0.3) is 19.4 Å². The number of allylic oxidation sites excluding steroid dienone is 6. The minimum atomic E-state index is -1.43. The lowest BCUT2D eigenvalue weighted by Gasteiger charge is -2.23. The Bertz CT molecular complexity index is 4420. The summed E-state index contributed by atoms with van der Waals surface area (Å²) < 4.78 is 17.1. The van der Waals surface area contributed by atoms with Crippen LogP contribution in [-0.2, 0) is 101 Å². The zero-order chi connectivity index (χ0) is 79.4. The van der Waals surface area contributed by atoms with Gasteiger partial charge < -0.3 is 127 Å². The summed E-state index contributed by atoms with van der Waals surface area (Å²) >= 11 is 0. The molecule has 3 aromatic rings. The smallest absolute Gasteiger partial charge is 0.354 e. The molecule has 9 rings (SSSR count). The van der Waals surface area contributed by atoms with E-state index >= 15 is 0 Å². The standard InChI is InChI=1S/2C23H23N3O11.C22H23N3O9/c2*27-10-37-19-6-11(5-15(25-19)22(33)34)3-4-26-16-9-18(28)14(7-12(16)8-17(26)23(35)36)24-13(21(31)32)1-2-20(29)30;26-11-34-19-7-12(3-5-23-19)4-6-25-16-10-18(27)15(8-13(16)9-17(25)22(32)33)24-14(21(30)31)1-2-20(28)29/h3-5,7,9-10,13,17,19,24H,1-2,6,8H2,(H5,28,29,30,31,32,33,34,35,36);3-5,7,9-11,13,17,24,28H,1-2,6,8H2,(H,29,30)(H,31,32)(H,33,34)(H,35,36);3-6,8,10-11,14,17,19,24H,1-2,7,9H2,(H4,27,28,29,30,31,32,33)/b;4-3+;/t13-,17-,19?;11?,13-,17-;14-,17-,19?/m000/s1. The zero-order valence-corrected chi connectivity index (χ0v) is 56.1. The van der Waals surface area contributed by atoms with Gasteiger partial charge in [-0.2, -0.15) is 9.15 Å². The number of carboxylic acids is 11. The number of anilines is 4. The first kappa shape index (κ1) is 81.2. The number of hydrogen-bond donors (Lipinski definition) is 17. The Labute approximate surface area is 607 Å². The summed E-state index contributed by atoms with van der Waals surface area (Å²) in [6, 6.07) is 0.754. The van der Waals surface area contributed by atoms with Crippen LogP contribution in [0.3, 0.4) is 0 Å². The second-order valence-corrected chi connectivity index (χ2v) is 24.2. The molecule has 0 bridgehead atoms. The number of carbonyl (C=O) groups is 14. The van der Waals surface area contributed by atoms with Gasteiger partial charge >= 0.3 is 53.7 Å². The number of fused-ring (bicyclic) bond motifs is 3. The van der Waals surface area contributed by atoms with Crippen molar-refractivity contribution in [3.8, 4) is 17.2 Å². The predicted octanol–water partition coefficient (Wildman–Crippen LogP) is -0.646. The highest BCUT2D eigenvalue weighted by Gasteiger charge is 2.40. The van der Waals surface area contributed by atoms with Gasteiger partial charge in [-0.3, -0.25) is 28.8 Å². The van der Waals surface area contributed by atoms with Crippen LogP contribution in [-0.4, -0.2) is 223 Å². The van der Waals surface area contributed by atoms with Crippen LogP contribution in [0.4, 0.5) is 34.1 Å². The lowest BCUT2D eigenvalue weighted by molar-refractivity contribution is -0.475. The van der Waals surface area contributed by atoms with Gasteiger partial charge in [-0.05, 0) is 78.6 Å². The van der Waals surface area contributed by atoms with E-state index in [2.05, 4.69) is 31.6 Å². The number of aliphatic imine (C=N–C) groups is 1. The fourth-order valence-corrected chi connectivity index (χ4v) is 11.7. The van der Waals surface area contributed by atoms with Crippen LogP contribution in [0.5, 0.6) is 17.2 Å². The van der Waals surface area contributed by atoms with Crippen LogP contribution >= 0.6 is 0 Å². The average molecular weight is 1510 g/mol. The van der Waals surface area contributed by atoms with Crippen molar-refractivity contribution in [2.45, 2.75) is 126 Å². The number of hydrogen-bond acceptors (Lipinski definition) is 29. The van der Waals surface area contributed by atoms with Crippen LogP contribution in [0.25, 0.3) is 0 Å². The van der Waals surface area contributed by atoms with Crippen molar-refractivity contribution in [2.24, 2.45) is 10.9 Å². The number of phenolic OH excluding ortho intramolecular Hbond substituents is 3. The van der Waals surface area contributed by atoms with Gasteiger partial charge in [0.15, 0.2) is 30.8 Å². The first-order chi connectivity index (χ1) is 51.2. The van der Waals surface area contributed by atoms with Gasteiger partial charge in [-0.15, -0.1) is 0 Å². The molecule has 17 N–H and O–H groups in total. The maximum absolute atomic E-state index is 11.9. The van der Waals surface area contributed by atoms with E-state index in [1.165, 1.54) is 93.4 Å². The Morgan fingerprint density at radius 1 is 0.574 bits per heavy atom. The number of aromatic hydroxyl groups is 3. The molecule has 0 saturated heterocycles. The molecule has 6 heterocycles. The molecule has 0 amide bonds. The number of nitrogens with zero attached hydrogens (tertiary/aromatic N) is 4. The predicted molar refractivity (Wildman–Crippen MR) is 361 cm³/mol. The van der Waals surface area contributed by atoms with E-state index < -0.39 is 139 Å². The van der Waals surface area contributed by atoms with Gasteiger partial charge in [0.05, 0.1) is 29.2 Å². The minimum absolute atomic E-state index is 0.000291. The Morgan fingerprint density at radius 2 is 1.04 bits per heavy atom. The summed E-state index contributed by atoms with van der Waals surface area (Å²) in [5.74, 6) is -15.9. The molecule has 0 saturated carbocycles. The highest BCUT2D eigenvalue weighted by molar-refractivity contribution is 5.94. The molecule has 9 atom stereocenters. The lowest BCUT2D eigenvalue weighted by atomic mass is 10.0. The van der Waals surface area contributed by atoms with Crippen LogP contribution in [0.2, 0.25) is 0 Å². The van der Waals surface area contributed by atoms with Gasteiger partial charge in [0, 0.05) is 105 Å². The van der Waals surface area contributed by atoms with Crippen molar-refractivity contribution in [2.75, 3.05) is 20.9 Å². The summed E-state index contributed by atoms with van der Waals surface area (Å²) in [5.41, 5.74) is 3.01. The normalized spacial score (nSPS) is 20.9. The number of nitrogens with one attached hydrogen (secondary N) is 5. The fourth-order valence-electron chi connectivity index (χ4n) is 11.7. The number of phenols is 3. The molecular formula is C68H69N9O31. The SMILES string of the molecule is O=COC1=NC(C(=O)O)=CC(/C=C/N2c3cc(O)c(N[C@@H](CCC(=O)O)C(=O)O)cc3C[C@H]2C(=O)O)C1.O=COC1C/C(=C\C=[N+]2c3cc(O)c(N[C@@H](CCC(=O)O)C(=O)O)cc3C[C@H]2C(=O)[O-])C=C(C(=O)O)N1.O=COC1C/C(=C\C=[N+]2c3cc(O)c(N[C@@H](CCC(=O)O)C(=O)O)cc3C[C@H]2C(=O)[O-])C=CN1. The fraction of sp³-hybridized carbons (Fsp3) is 0.309. The van der Waals surface area contributed by atoms with Crippen LogP contribution in [0.1, 0.15) is 74.5 Å². The zero-order valence-electron chi connectivity index (χ0n) is 56.1. The van der Waals surface area contributed by atoms with Crippen LogP contribution < -0.4 is 41.7 Å². The van der Waals surface area contributed by atoms with Crippen molar-refractivity contribution >= 4 is 138 Å². The van der Waals surface area contributed by atoms with Gasteiger partial charge in [-0.1, -0.05) is 6.08 Å². The van der Waals surface area contributed by atoms with E-state index in [-0.39, 0.29) is 122 Å². The average Bonchev–Trinajstić information content (AvgIpc) is 1.64. The van der Waals surface area contributed by atoms with Crippen molar-refractivity contribution in [1.29, 1.82) is 0 Å². The Morgan fingerprint density at radius 3 is 1.47 bits per heavy atom. The quantitative estimate of drug-likeness (QED) is 0.0160. The van der Waals surface area contributed by atoms with E-state index in [4.69, 9.17) is 29.5 Å². The van der Waals surface area contributed by atoms with Crippen molar-refractivity contribution in [1.82, 2.24) is 10.6 Å². The van der Waals surface area contributed by atoms with Gasteiger partial charge in [0.1, 0.15) is 64.7 Å². The van der Waals surface area contributed by atoms with E-state index in [1.54, 1.807) is 18.4 Å². The Hall–Kier alpha value is -14.1. The molecule has 40 nitrogen and oxygen atoms in total. The second kappa shape index (κ2) is 36.9. The Balaban J connectivity index is 0.000000226. The topological polar surface area (TPSA) is 637 Å². The summed E-state index contributed by atoms with van der Waals surface area (Å²) in [6.07, 6.45) is 11.8. The minimum Gasteiger partial charge on any atom is -0.543 e. The first-order valence-corrected chi connectivity index (χ1v) is 32.1. The molecule has 0 radical (unpaired) electrons. The summed E-state index contributed by atoms with van der Waals surface area (Å²) in [6.45, 7) is 0.607. The molecule has 6 aliphatic rings. The molecule has 0 spiro atoms. The van der Waals surface area contributed by atoms with Gasteiger partial charge in [-0.25, -0.2) is 33.8 Å². The van der Waals surface area contributed by atoms with Crippen molar-refractivity contribution in [3.05, 3.63) is 124 Å². The largest absolute Gasteiger partial charge is 0.543 e. The number of benzene rings is 3. The molecule has 0 aromatic heterocycles. The van der Waals surface area contributed by atoms with Crippen LogP contribution in [0.15, 0.2) is 113 Å². The number of carboxylic acid groups (broad SMARTS) is 11.